The number of benzene rings is 1. The molecule has 0 saturated heterocycles. The van der Waals surface area contributed by atoms with Crippen LogP contribution in [-0.2, 0) is 0 Å². The van der Waals surface area contributed by atoms with Gasteiger partial charge in [0.2, 0.25) is 0 Å². The predicted molar refractivity (Wildman–Crippen MR) is 74.0 cm³/mol. The number of aldehydes is 1. The average molecular weight is 333 g/mol. The van der Waals surface area contributed by atoms with Crippen molar-refractivity contribution in [3.63, 3.8) is 0 Å². The van der Waals surface area contributed by atoms with Crippen molar-refractivity contribution in [3.05, 3.63) is 23.3 Å². The Labute approximate surface area is 120 Å². The second-order valence-corrected chi connectivity index (χ2v) is 4.79. The number of hydrogen-bond donors (Lipinski definition) is 3. The summed E-state index contributed by atoms with van der Waals surface area (Å²) in [4.78, 5) is 10.9. The van der Waals surface area contributed by atoms with Crippen molar-refractivity contribution >= 4 is 22.2 Å². The zero-order valence-corrected chi connectivity index (χ0v) is 12.1. The fourth-order valence-corrected chi connectivity index (χ4v) is 2.16. The molecule has 2 atom stereocenters. The molecule has 5 nitrogen and oxygen atoms in total. The monoisotopic (exact) mass is 332 g/mol. The number of phenolic OH excluding ortho intramolecular Hbond substituents is 1. The molecule has 0 heterocycles. The molecule has 0 saturated carbocycles. The third kappa shape index (κ3) is 3.92. The summed E-state index contributed by atoms with van der Waals surface area (Å²) in [7, 11) is 0. The van der Waals surface area contributed by atoms with E-state index in [-0.39, 0.29) is 22.6 Å². The number of aromatic hydroxyl groups is 1. The van der Waals surface area contributed by atoms with Gasteiger partial charge < -0.3 is 20.1 Å². The standard InChI is InChI=1S/C13H17BrO5/c1-2-19-11-6-8(7-15)5-9(13(11)18)12(17)10(16)3-4-14/h5-7,10,12,16-18H,2-4H2,1H3. The molecule has 3 N–H and O–H groups in total. The van der Waals surface area contributed by atoms with Gasteiger partial charge in [-0.25, -0.2) is 0 Å². The molecule has 0 aromatic heterocycles. The molecule has 0 aliphatic heterocycles. The van der Waals surface area contributed by atoms with Gasteiger partial charge in [-0.1, -0.05) is 15.9 Å². The fraction of sp³-hybridized carbons (Fsp3) is 0.462. The molecule has 106 valence electrons. The van der Waals surface area contributed by atoms with Crippen molar-refractivity contribution in [2.75, 3.05) is 11.9 Å². The van der Waals surface area contributed by atoms with Gasteiger partial charge in [-0.05, 0) is 25.5 Å². The summed E-state index contributed by atoms with van der Waals surface area (Å²) in [6.07, 6.45) is -1.41. The lowest BCUT2D eigenvalue weighted by molar-refractivity contribution is 0.0158. The van der Waals surface area contributed by atoms with Gasteiger partial charge in [0, 0.05) is 16.5 Å². The Morgan fingerprint density at radius 1 is 1.42 bits per heavy atom. The SMILES string of the molecule is CCOc1cc(C=O)cc(C(O)C(O)CCBr)c1O. The van der Waals surface area contributed by atoms with E-state index in [9.17, 15) is 20.1 Å². The second kappa shape index (κ2) is 7.47. The molecule has 0 amide bonds. The maximum absolute atomic E-state index is 10.9. The van der Waals surface area contributed by atoms with Gasteiger partial charge in [-0.15, -0.1) is 0 Å². The van der Waals surface area contributed by atoms with Crippen LogP contribution in [0.1, 0.15) is 35.4 Å². The van der Waals surface area contributed by atoms with Crippen LogP contribution in [0, 0.1) is 0 Å². The number of rotatable bonds is 7. The van der Waals surface area contributed by atoms with E-state index in [1.54, 1.807) is 6.92 Å². The second-order valence-electron chi connectivity index (χ2n) is 4.00. The number of aliphatic hydroxyl groups excluding tert-OH is 2. The molecule has 0 bridgehead atoms. The maximum Gasteiger partial charge on any atom is 0.163 e. The van der Waals surface area contributed by atoms with Crippen LogP contribution in [0.3, 0.4) is 0 Å². The number of ether oxygens (including phenoxy) is 1. The highest BCUT2D eigenvalue weighted by Gasteiger charge is 2.23. The van der Waals surface area contributed by atoms with E-state index in [4.69, 9.17) is 4.74 Å². The largest absolute Gasteiger partial charge is 0.504 e. The molecule has 0 fully saturated rings. The van der Waals surface area contributed by atoms with Crippen LogP contribution in [0.4, 0.5) is 0 Å². The highest BCUT2D eigenvalue weighted by atomic mass is 79.9. The lowest BCUT2D eigenvalue weighted by Gasteiger charge is -2.20. The molecule has 1 rings (SSSR count). The topological polar surface area (TPSA) is 87.0 Å². The molecule has 1 aromatic rings. The van der Waals surface area contributed by atoms with E-state index in [2.05, 4.69) is 15.9 Å². The van der Waals surface area contributed by atoms with Gasteiger partial charge >= 0.3 is 0 Å². The van der Waals surface area contributed by atoms with E-state index in [1.165, 1.54) is 12.1 Å². The first-order chi connectivity index (χ1) is 9.04. The van der Waals surface area contributed by atoms with E-state index >= 15 is 0 Å². The highest BCUT2D eigenvalue weighted by Crippen LogP contribution is 2.36. The summed E-state index contributed by atoms with van der Waals surface area (Å²) in [6, 6.07) is 2.73. The van der Waals surface area contributed by atoms with Crippen LogP contribution in [0.15, 0.2) is 12.1 Å². The van der Waals surface area contributed by atoms with Gasteiger partial charge in [0.25, 0.3) is 0 Å². The van der Waals surface area contributed by atoms with E-state index in [0.29, 0.717) is 24.6 Å². The van der Waals surface area contributed by atoms with E-state index < -0.39 is 12.2 Å². The lowest BCUT2D eigenvalue weighted by atomic mass is 9.99. The lowest BCUT2D eigenvalue weighted by Crippen LogP contribution is -2.19. The van der Waals surface area contributed by atoms with Crippen LogP contribution in [0.2, 0.25) is 0 Å². The molecule has 0 aliphatic rings. The molecular formula is C13H17BrO5. The summed E-state index contributed by atoms with van der Waals surface area (Å²) in [5.41, 5.74) is 0.350. The predicted octanol–water partition coefficient (Wildman–Crippen LogP) is 1.78. The Hall–Kier alpha value is -1.11. The first-order valence-electron chi connectivity index (χ1n) is 5.92. The van der Waals surface area contributed by atoms with Crippen molar-refractivity contribution in [2.45, 2.75) is 25.6 Å². The fourth-order valence-electron chi connectivity index (χ4n) is 1.69. The molecule has 2 unspecified atom stereocenters. The molecule has 19 heavy (non-hydrogen) atoms. The quantitative estimate of drug-likeness (QED) is 0.523. The molecule has 1 aromatic carbocycles. The van der Waals surface area contributed by atoms with E-state index in [0.717, 1.165) is 0 Å². The van der Waals surface area contributed by atoms with Crippen LogP contribution < -0.4 is 4.74 Å². The van der Waals surface area contributed by atoms with Gasteiger partial charge in [0.15, 0.2) is 11.5 Å². The molecule has 0 aliphatic carbocycles. The maximum atomic E-state index is 10.9. The minimum Gasteiger partial charge on any atom is -0.504 e. The Kier molecular flexibility index (Phi) is 6.27. The van der Waals surface area contributed by atoms with Gasteiger partial charge in [0.05, 0.1) is 12.7 Å². The van der Waals surface area contributed by atoms with Gasteiger partial charge in [-0.3, -0.25) is 4.79 Å². The first kappa shape index (κ1) is 15.9. The van der Waals surface area contributed by atoms with E-state index in [1.807, 2.05) is 0 Å². The Bertz CT molecular complexity index is 435. The third-order valence-electron chi connectivity index (χ3n) is 2.65. The minimum absolute atomic E-state index is 0.0847. The highest BCUT2D eigenvalue weighted by molar-refractivity contribution is 9.09. The molecule has 6 heteroatoms. The van der Waals surface area contributed by atoms with Crippen molar-refractivity contribution in [1.29, 1.82) is 0 Å². The number of carbonyl (C=O) groups is 1. The Morgan fingerprint density at radius 3 is 2.63 bits per heavy atom. The van der Waals surface area contributed by atoms with Crippen LogP contribution in [0.25, 0.3) is 0 Å². The minimum atomic E-state index is -1.28. The number of aliphatic hydroxyl groups is 2. The number of alkyl halides is 1. The Balaban J connectivity index is 3.17. The molecule has 0 radical (unpaired) electrons. The van der Waals surface area contributed by atoms with Crippen LogP contribution in [0.5, 0.6) is 11.5 Å². The van der Waals surface area contributed by atoms with Crippen molar-refractivity contribution in [1.82, 2.24) is 0 Å². The number of hydrogen-bond acceptors (Lipinski definition) is 5. The summed E-state index contributed by atoms with van der Waals surface area (Å²) < 4.78 is 5.20. The van der Waals surface area contributed by atoms with Gasteiger partial charge in [-0.2, -0.15) is 0 Å². The van der Waals surface area contributed by atoms with Crippen molar-refractivity contribution in [2.24, 2.45) is 0 Å². The van der Waals surface area contributed by atoms with Crippen molar-refractivity contribution < 1.29 is 24.9 Å². The zero-order valence-electron chi connectivity index (χ0n) is 10.5. The Morgan fingerprint density at radius 2 is 2.11 bits per heavy atom. The summed E-state index contributed by atoms with van der Waals surface area (Å²) in [5.74, 6) is -0.138. The number of halogens is 1. The van der Waals surface area contributed by atoms with Crippen molar-refractivity contribution in [3.8, 4) is 11.5 Å². The summed E-state index contributed by atoms with van der Waals surface area (Å²) >= 11 is 3.16. The third-order valence-corrected chi connectivity index (χ3v) is 3.11. The molecular weight excluding hydrogens is 316 g/mol. The zero-order chi connectivity index (χ0) is 14.4. The van der Waals surface area contributed by atoms with Crippen LogP contribution >= 0.6 is 15.9 Å². The summed E-state index contributed by atoms with van der Waals surface area (Å²) in [6.45, 7) is 2.05. The first-order valence-corrected chi connectivity index (χ1v) is 7.04. The summed E-state index contributed by atoms with van der Waals surface area (Å²) in [5, 5.41) is 30.3. The van der Waals surface area contributed by atoms with Crippen LogP contribution in [-0.4, -0.2) is 39.6 Å². The normalized spacial score (nSPS) is 13.9. The van der Waals surface area contributed by atoms with Gasteiger partial charge in [0.1, 0.15) is 12.4 Å². The number of carbonyl (C=O) groups excluding carboxylic acids is 1. The smallest absolute Gasteiger partial charge is 0.163 e. The molecule has 0 spiro atoms. The average Bonchev–Trinajstić information content (AvgIpc) is 2.40. The number of phenols is 1.